The average Bonchev–Trinajstić information content (AvgIpc) is 2.77. The summed E-state index contributed by atoms with van der Waals surface area (Å²) >= 11 is 7.69. The normalized spacial score (nSPS) is 25.7. The summed E-state index contributed by atoms with van der Waals surface area (Å²) in [4.78, 5) is 1.29. The van der Waals surface area contributed by atoms with Crippen molar-refractivity contribution in [1.29, 1.82) is 0 Å². The van der Waals surface area contributed by atoms with E-state index in [0.29, 0.717) is 11.8 Å². The minimum Gasteiger partial charge on any atom is -0.373 e. The smallest absolute Gasteiger partial charge is 0.0865 e. The number of ether oxygens (including phenoxy) is 1. The van der Waals surface area contributed by atoms with Crippen molar-refractivity contribution in [3.05, 3.63) is 29.8 Å². The maximum absolute atomic E-state index is 5.93. The molecule has 0 saturated carbocycles. The molecule has 1 aromatic carbocycles. The fourth-order valence-electron chi connectivity index (χ4n) is 1.95. The molecule has 0 aliphatic carbocycles. The van der Waals surface area contributed by atoms with Gasteiger partial charge >= 0.3 is 0 Å². The van der Waals surface area contributed by atoms with Gasteiger partial charge in [-0.1, -0.05) is 12.1 Å². The van der Waals surface area contributed by atoms with E-state index < -0.39 is 0 Å². The van der Waals surface area contributed by atoms with Crippen LogP contribution < -0.4 is 0 Å². The largest absolute Gasteiger partial charge is 0.373 e. The predicted molar refractivity (Wildman–Crippen MR) is 65.7 cm³/mol. The van der Waals surface area contributed by atoms with E-state index >= 15 is 0 Å². The summed E-state index contributed by atoms with van der Waals surface area (Å²) in [7, 11) is 0. The minimum atomic E-state index is 0.207. The van der Waals surface area contributed by atoms with Crippen molar-refractivity contribution in [2.75, 3.05) is 18.7 Å². The Morgan fingerprint density at radius 1 is 1.40 bits per heavy atom. The summed E-state index contributed by atoms with van der Waals surface area (Å²) in [6.45, 7) is 0.840. The molecule has 0 amide bonds. The van der Waals surface area contributed by atoms with E-state index in [1.165, 1.54) is 10.5 Å². The third-order valence-electron chi connectivity index (χ3n) is 2.86. The summed E-state index contributed by atoms with van der Waals surface area (Å²) in [5.41, 5.74) is 1.26. The van der Waals surface area contributed by atoms with E-state index in [9.17, 15) is 0 Å². The first-order valence-corrected chi connectivity index (χ1v) is 6.92. The number of rotatable bonds is 3. The lowest BCUT2D eigenvalue weighted by Gasteiger charge is -2.16. The Bertz CT molecular complexity index is 312. The standard InChI is InChI=1S/C12H15ClOS/c1-15-11-4-2-9(3-5-11)12-10(8-13)6-7-14-12/h2-5,10,12H,6-8H2,1H3. The first kappa shape index (κ1) is 11.3. The highest BCUT2D eigenvalue weighted by atomic mass is 35.5. The highest BCUT2D eigenvalue weighted by molar-refractivity contribution is 7.98. The molecule has 0 radical (unpaired) electrons. The second-order valence-corrected chi connectivity index (χ2v) is 4.96. The summed E-state index contributed by atoms with van der Waals surface area (Å²) in [5, 5.41) is 0. The second-order valence-electron chi connectivity index (χ2n) is 3.77. The molecule has 1 nitrogen and oxygen atoms in total. The van der Waals surface area contributed by atoms with Gasteiger partial charge in [0.25, 0.3) is 0 Å². The quantitative estimate of drug-likeness (QED) is 0.590. The molecule has 0 bridgehead atoms. The Balaban J connectivity index is 2.14. The third kappa shape index (κ3) is 2.49. The molecule has 1 saturated heterocycles. The molecule has 1 aromatic rings. The van der Waals surface area contributed by atoms with Crippen LogP contribution >= 0.6 is 23.4 Å². The zero-order chi connectivity index (χ0) is 10.7. The lowest BCUT2D eigenvalue weighted by Crippen LogP contribution is -2.08. The molecule has 1 aliphatic heterocycles. The van der Waals surface area contributed by atoms with Crippen LogP contribution in [0.5, 0.6) is 0 Å². The van der Waals surface area contributed by atoms with Gasteiger partial charge in [-0.15, -0.1) is 23.4 Å². The molecule has 1 heterocycles. The van der Waals surface area contributed by atoms with Gasteiger partial charge in [0, 0.05) is 23.3 Å². The molecule has 2 atom stereocenters. The first-order chi connectivity index (χ1) is 7.35. The predicted octanol–water partition coefficient (Wildman–Crippen LogP) is 3.72. The number of thioether (sulfide) groups is 1. The van der Waals surface area contributed by atoms with Crippen molar-refractivity contribution in [1.82, 2.24) is 0 Å². The van der Waals surface area contributed by atoms with Gasteiger partial charge in [0.05, 0.1) is 6.10 Å². The number of alkyl halides is 1. The van der Waals surface area contributed by atoms with Crippen molar-refractivity contribution in [2.45, 2.75) is 17.4 Å². The molecule has 0 aromatic heterocycles. The lowest BCUT2D eigenvalue weighted by atomic mass is 9.97. The Kier molecular flexibility index (Phi) is 3.95. The van der Waals surface area contributed by atoms with Crippen LogP contribution in [0.3, 0.4) is 0 Å². The van der Waals surface area contributed by atoms with Crippen molar-refractivity contribution >= 4 is 23.4 Å². The monoisotopic (exact) mass is 242 g/mol. The first-order valence-electron chi connectivity index (χ1n) is 5.16. The van der Waals surface area contributed by atoms with Crippen LogP contribution in [-0.2, 0) is 4.74 Å². The Morgan fingerprint density at radius 3 is 2.73 bits per heavy atom. The van der Waals surface area contributed by atoms with Gasteiger partial charge in [-0.2, -0.15) is 0 Å². The van der Waals surface area contributed by atoms with Gasteiger partial charge in [-0.3, -0.25) is 0 Å². The Hall–Kier alpha value is -0.180. The van der Waals surface area contributed by atoms with E-state index in [0.717, 1.165) is 13.0 Å². The Morgan fingerprint density at radius 2 is 2.13 bits per heavy atom. The van der Waals surface area contributed by atoms with E-state index in [1.54, 1.807) is 11.8 Å². The molecule has 0 N–H and O–H groups in total. The molecule has 82 valence electrons. The molecule has 0 spiro atoms. The van der Waals surface area contributed by atoms with Crippen molar-refractivity contribution in [3.8, 4) is 0 Å². The fraction of sp³-hybridized carbons (Fsp3) is 0.500. The third-order valence-corrected chi connectivity index (χ3v) is 4.00. The van der Waals surface area contributed by atoms with Gasteiger partial charge in [0.15, 0.2) is 0 Å². The molecule has 2 rings (SSSR count). The van der Waals surface area contributed by atoms with E-state index in [4.69, 9.17) is 16.3 Å². The minimum absolute atomic E-state index is 0.207. The summed E-state index contributed by atoms with van der Waals surface area (Å²) in [5.74, 6) is 1.17. The van der Waals surface area contributed by atoms with Gasteiger partial charge < -0.3 is 4.74 Å². The van der Waals surface area contributed by atoms with Crippen molar-refractivity contribution in [2.24, 2.45) is 5.92 Å². The maximum Gasteiger partial charge on any atom is 0.0865 e. The number of hydrogen-bond donors (Lipinski definition) is 0. The SMILES string of the molecule is CSc1ccc(C2OCCC2CCl)cc1. The van der Waals surface area contributed by atoms with Crippen LogP contribution in [0, 0.1) is 5.92 Å². The van der Waals surface area contributed by atoms with Crippen LogP contribution in [0.2, 0.25) is 0 Å². The summed E-state index contributed by atoms with van der Waals surface area (Å²) in [6.07, 6.45) is 3.37. The van der Waals surface area contributed by atoms with Crippen LogP contribution in [0.1, 0.15) is 18.1 Å². The van der Waals surface area contributed by atoms with Gasteiger partial charge in [-0.25, -0.2) is 0 Å². The molecular formula is C12H15ClOS. The highest BCUT2D eigenvalue weighted by Gasteiger charge is 2.28. The Labute approximate surface area is 100 Å². The lowest BCUT2D eigenvalue weighted by molar-refractivity contribution is 0.0951. The van der Waals surface area contributed by atoms with Gasteiger partial charge in [0.2, 0.25) is 0 Å². The van der Waals surface area contributed by atoms with E-state index in [2.05, 4.69) is 30.5 Å². The fourth-order valence-corrected chi connectivity index (χ4v) is 2.68. The van der Waals surface area contributed by atoms with Crippen molar-refractivity contribution < 1.29 is 4.74 Å². The molecule has 2 unspecified atom stereocenters. The topological polar surface area (TPSA) is 9.23 Å². The maximum atomic E-state index is 5.93. The zero-order valence-corrected chi connectivity index (χ0v) is 10.4. The molecule has 3 heteroatoms. The average molecular weight is 243 g/mol. The van der Waals surface area contributed by atoms with E-state index in [-0.39, 0.29) is 6.10 Å². The van der Waals surface area contributed by atoms with E-state index in [1.807, 2.05) is 0 Å². The second kappa shape index (κ2) is 5.24. The summed E-state index contributed by atoms with van der Waals surface area (Å²) < 4.78 is 5.72. The van der Waals surface area contributed by atoms with Crippen LogP contribution in [0.15, 0.2) is 29.2 Å². The summed E-state index contributed by atoms with van der Waals surface area (Å²) in [6, 6.07) is 8.60. The molecular weight excluding hydrogens is 228 g/mol. The molecule has 1 fully saturated rings. The number of halogens is 1. The molecule has 15 heavy (non-hydrogen) atoms. The highest BCUT2D eigenvalue weighted by Crippen LogP contribution is 2.35. The van der Waals surface area contributed by atoms with Crippen molar-refractivity contribution in [3.63, 3.8) is 0 Å². The van der Waals surface area contributed by atoms with Gasteiger partial charge in [0.1, 0.15) is 0 Å². The number of benzene rings is 1. The van der Waals surface area contributed by atoms with Crippen LogP contribution in [0.4, 0.5) is 0 Å². The zero-order valence-electron chi connectivity index (χ0n) is 8.78. The number of hydrogen-bond acceptors (Lipinski definition) is 2. The van der Waals surface area contributed by atoms with Gasteiger partial charge in [-0.05, 0) is 30.4 Å². The van der Waals surface area contributed by atoms with Crippen LogP contribution in [0.25, 0.3) is 0 Å². The molecule has 1 aliphatic rings. The van der Waals surface area contributed by atoms with Crippen LogP contribution in [-0.4, -0.2) is 18.7 Å².